The summed E-state index contributed by atoms with van der Waals surface area (Å²) in [7, 11) is 0. The van der Waals surface area contributed by atoms with Crippen LogP contribution in [0.5, 0.6) is 0 Å². The molecule has 0 aliphatic carbocycles. The number of thiophene rings is 1. The summed E-state index contributed by atoms with van der Waals surface area (Å²) in [5, 5.41) is 9.18. The van der Waals surface area contributed by atoms with Crippen molar-refractivity contribution in [2.45, 2.75) is 19.4 Å². The SMILES string of the molecule is O=C(NCCCC(=O)N1CCN(Cc2cccc3ccccc23)CC1)c1ccsc1. The van der Waals surface area contributed by atoms with Crippen LogP contribution in [0.4, 0.5) is 0 Å². The molecule has 0 bridgehead atoms. The number of rotatable bonds is 7. The zero-order chi connectivity index (χ0) is 20.8. The van der Waals surface area contributed by atoms with E-state index < -0.39 is 0 Å². The maximum absolute atomic E-state index is 12.5. The molecule has 1 aliphatic heterocycles. The lowest BCUT2D eigenvalue weighted by molar-refractivity contribution is -0.133. The molecule has 30 heavy (non-hydrogen) atoms. The first-order chi connectivity index (χ1) is 14.7. The van der Waals surface area contributed by atoms with Gasteiger partial charge >= 0.3 is 0 Å². The molecule has 2 amide bonds. The number of benzene rings is 2. The Balaban J connectivity index is 1.19. The summed E-state index contributed by atoms with van der Waals surface area (Å²) in [4.78, 5) is 28.8. The van der Waals surface area contributed by atoms with Crippen LogP contribution in [0, 0.1) is 0 Å². The van der Waals surface area contributed by atoms with Gasteiger partial charge in [-0.25, -0.2) is 0 Å². The number of hydrogen-bond acceptors (Lipinski definition) is 4. The molecule has 1 aromatic heterocycles. The maximum Gasteiger partial charge on any atom is 0.252 e. The van der Waals surface area contributed by atoms with E-state index in [1.807, 2.05) is 21.7 Å². The number of fused-ring (bicyclic) bond motifs is 1. The van der Waals surface area contributed by atoms with Crippen molar-refractivity contribution in [1.82, 2.24) is 15.1 Å². The third-order valence-electron chi connectivity index (χ3n) is 5.64. The highest BCUT2D eigenvalue weighted by atomic mass is 32.1. The molecule has 1 aliphatic rings. The van der Waals surface area contributed by atoms with Crippen molar-refractivity contribution >= 4 is 33.9 Å². The molecule has 1 fully saturated rings. The van der Waals surface area contributed by atoms with E-state index in [0.717, 1.165) is 32.7 Å². The Morgan fingerprint density at radius 2 is 1.77 bits per heavy atom. The second-order valence-corrected chi connectivity index (χ2v) is 8.45. The maximum atomic E-state index is 12.5. The van der Waals surface area contributed by atoms with E-state index >= 15 is 0 Å². The van der Waals surface area contributed by atoms with Crippen molar-refractivity contribution in [2.75, 3.05) is 32.7 Å². The largest absolute Gasteiger partial charge is 0.352 e. The van der Waals surface area contributed by atoms with Crippen LogP contribution in [0.25, 0.3) is 10.8 Å². The van der Waals surface area contributed by atoms with Crippen molar-refractivity contribution in [3.63, 3.8) is 0 Å². The molecule has 0 spiro atoms. The van der Waals surface area contributed by atoms with E-state index in [1.54, 1.807) is 0 Å². The Hall–Kier alpha value is -2.70. The van der Waals surface area contributed by atoms with Crippen molar-refractivity contribution in [2.24, 2.45) is 0 Å². The fourth-order valence-electron chi connectivity index (χ4n) is 3.92. The minimum Gasteiger partial charge on any atom is -0.352 e. The van der Waals surface area contributed by atoms with Gasteiger partial charge in [0.1, 0.15) is 0 Å². The van der Waals surface area contributed by atoms with Crippen LogP contribution in [0.15, 0.2) is 59.3 Å². The average molecular weight is 422 g/mol. The van der Waals surface area contributed by atoms with Gasteiger partial charge in [-0.15, -0.1) is 0 Å². The fraction of sp³-hybridized carbons (Fsp3) is 0.333. The van der Waals surface area contributed by atoms with Gasteiger partial charge < -0.3 is 10.2 Å². The molecule has 5 nitrogen and oxygen atoms in total. The lowest BCUT2D eigenvalue weighted by atomic mass is 10.0. The number of nitrogens with zero attached hydrogens (tertiary/aromatic N) is 2. The number of nitrogens with one attached hydrogen (secondary N) is 1. The first-order valence-corrected chi connectivity index (χ1v) is 11.4. The summed E-state index contributed by atoms with van der Waals surface area (Å²) >= 11 is 1.51. The van der Waals surface area contributed by atoms with E-state index in [4.69, 9.17) is 0 Å². The predicted octanol–water partition coefficient (Wildman–Crippen LogP) is 3.76. The molecule has 4 rings (SSSR count). The Morgan fingerprint density at radius 3 is 2.57 bits per heavy atom. The molecule has 1 N–H and O–H groups in total. The minimum atomic E-state index is -0.0641. The molecule has 156 valence electrons. The van der Waals surface area contributed by atoms with Gasteiger partial charge in [-0.2, -0.15) is 11.3 Å². The van der Waals surface area contributed by atoms with Crippen molar-refractivity contribution in [1.29, 1.82) is 0 Å². The average Bonchev–Trinajstić information content (AvgIpc) is 3.32. The van der Waals surface area contributed by atoms with Gasteiger partial charge in [-0.3, -0.25) is 14.5 Å². The third kappa shape index (κ3) is 5.07. The summed E-state index contributed by atoms with van der Waals surface area (Å²) in [6, 6.07) is 16.8. The topological polar surface area (TPSA) is 52.7 Å². The Labute approximate surface area is 181 Å². The van der Waals surface area contributed by atoms with Gasteiger partial charge in [0.25, 0.3) is 5.91 Å². The minimum absolute atomic E-state index is 0.0641. The zero-order valence-electron chi connectivity index (χ0n) is 17.0. The normalized spacial score (nSPS) is 14.7. The molecule has 0 radical (unpaired) electrons. The number of amides is 2. The van der Waals surface area contributed by atoms with Crippen LogP contribution in [0.3, 0.4) is 0 Å². The van der Waals surface area contributed by atoms with Crippen LogP contribution < -0.4 is 5.32 Å². The molecule has 0 unspecified atom stereocenters. The summed E-state index contributed by atoms with van der Waals surface area (Å²) in [6.45, 7) is 4.77. The molecular formula is C24H27N3O2S. The van der Waals surface area contributed by atoms with Crippen LogP contribution in [0.2, 0.25) is 0 Å². The van der Waals surface area contributed by atoms with E-state index in [1.165, 1.54) is 27.7 Å². The van der Waals surface area contributed by atoms with Gasteiger partial charge in [0.2, 0.25) is 5.91 Å². The standard InChI is InChI=1S/C24H27N3O2S/c28-23(9-4-11-25-24(29)21-10-16-30-18-21)27-14-12-26(13-15-27)17-20-7-3-6-19-5-1-2-8-22(19)20/h1-3,5-8,10,16,18H,4,9,11-15,17H2,(H,25,29). The molecule has 6 heteroatoms. The summed E-state index contributed by atoms with van der Waals surface area (Å²) < 4.78 is 0. The van der Waals surface area contributed by atoms with E-state index in [0.29, 0.717) is 24.9 Å². The van der Waals surface area contributed by atoms with Crippen molar-refractivity contribution in [3.05, 3.63) is 70.4 Å². The predicted molar refractivity (Wildman–Crippen MR) is 122 cm³/mol. The number of carbonyl (C=O) groups is 2. The van der Waals surface area contributed by atoms with Gasteiger partial charge in [0, 0.05) is 56.6 Å². The van der Waals surface area contributed by atoms with E-state index in [9.17, 15) is 9.59 Å². The highest BCUT2D eigenvalue weighted by molar-refractivity contribution is 7.08. The molecule has 0 saturated carbocycles. The molecule has 2 heterocycles. The molecular weight excluding hydrogens is 394 g/mol. The smallest absolute Gasteiger partial charge is 0.252 e. The first-order valence-electron chi connectivity index (χ1n) is 10.5. The number of piperazine rings is 1. The summed E-state index contributed by atoms with van der Waals surface area (Å²) in [5.74, 6) is 0.121. The van der Waals surface area contributed by atoms with E-state index in [2.05, 4.69) is 52.7 Å². The Bertz CT molecular complexity index is 989. The first kappa shape index (κ1) is 20.6. The highest BCUT2D eigenvalue weighted by Gasteiger charge is 2.21. The van der Waals surface area contributed by atoms with Crippen molar-refractivity contribution in [3.8, 4) is 0 Å². The quantitative estimate of drug-likeness (QED) is 0.591. The lowest BCUT2D eigenvalue weighted by Gasteiger charge is -2.35. The monoisotopic (exact) mass is 421 g/mol. The van der Waals surface area contributed by atoms with Gasteiger partial charge in [0.05, 0.1) is 0 Å². The lowest BCUT2D eigenvalue weighted by Crippen LogP contribution is -2.48. The molecule has 3 aromatic rings. The van der Waals surface area contributed by atoms with Crippen LogP contribution in [-0.4, -0.2) is 54.3 Å². The number of hydrogen-bond donors (Lipinski definition) is 1. The second kappa shape index (κ2) is 9.87. The second-order valence-electron chi connectivity index (χ2n) is 7.67. The Kier molecular flexibility index (Phi) is 6.77. The molecule has 0 atom stereocenters. The highest BCUT2D eigenvalue weighted by Crippen LogP contribution is 2.20. The van der Waals surface area contributed by atoms with Gasteiger partial charge in [0.15, 0.2) is 0 Å². The third-order valence-corrected chi connectivity index (χ3v) is 6.32. The molecule has 2 aromatic carbocycles. The van der Waals surface area contributed by atoms with Crippen molar-refractivity contribution < 1.29 is 9.59 Å². The zero-order valence-corrected chi connectivity index (χ0v) is 17.9. The van der Waals surface area contributed by atoms with Crippen LogP contribution in [-0.2, 0) is 11.3 Å². The van der Waals surface area contributed by atoms with Gasteiger partial charge in [-0.05, 0) is 34.2 Å². The van der Waals surface area contributed by atoms with Crippen LogP contribution >= 0.6 is 11.3 Å². The fourth-order valence-corrected chi connectivity index (χ4v) is 4.56. The molecule has 1 saturated heterocycles. The summed E-state index contributed by atoms with van der Waals surface area (Å²) in [6.07, 6.45) is 1.15. The van der Waals surface area contributed by atoms with Gasteiger partial charge in [-0.1, -0.05) is 42.5 Å². The Morgan fingerprint density at radius 1 is 0.967 bits per heavy atom. The number of carbonyl (C=O) groups excluding carboxylic acids is 2. The van der Waals surface area contributed by atoms with E-state index in [-0.39, 0.29) is 11.8 Å². The van der Waals surface area contributed by atoms with Crippen LogP contribution in [0.1, 0.15) is 28.8 Å². The summed E-state index contributed by atoms with van der Waals surface area (Å²) in [5.41, 5.74) is 2.03.